The van der Waals surface area contributed by atoms with Gasteiger partial charge in [0.1, 0.15) is 5.82 Å². The molecule has 0 atom stereocenters. The van der Waals surface area contributed by atoms with Crippen molar-refractivity contribution in [2.75, 3.05) is 20.6 Å². The third kappa shape index (κ3) is 4.07. The third-order valence-corrected chi connectivity index (χ3v) is 6.24. The third-order valence-electron chi connectivity index (χ3n) is 6.24. The molecule has 2 N–H and O–H groups in total. The number of aromatic nitrogens is 4. The van der Waals surface area contributed by atoms with E-state index in [9.17, 15) is 18.8 Å². The maximum atomic E-state index is 14.7. The molecule has 35 heavy (non-hydrogen) atoms. The highest BCUT2D eigenvalue weighted by molar-refractivity contribution is 5.96. The summed E-state index contributed by atoms with van der Waals surface area (Å²) in [5, 5.41) is 14.9. The predicted octanol–water partition coefficient (Wildman–Crippen LogP) is 2.28. The van der Waals surface area contributed by atoms with E-state index in [2.05, 4.69) is 20.4 Å². The van der Waals surface area contributed by atoms with E-state index < -0.39 is 11.7 Å². The maximum absolute atomic E-state index is 14.7. The van der Waals surface area contributed by atoms with Gasteiger partial charge in [0.15, 0.2) is 5.69 Å². The van der Waals surface area contributed by atoms with Gasteiger partial charge in [-0.2, -0.15) is 10.2 Å². The van der Waals surface area contributed by atoms with Crippen molar-refractivity contribution in [3.05, 3.63) is 92.4 Å². The topological polar surface area (TPSA) is 115 Å². The molecule has 0 fully saturated rings. The van der Waals surface area contributed by atoms with Gasteiger partial charge in [-0.1, -0.05) is 24.3 Å². The highest BCUT2D eigenvalue weighted by Crippen LogP contribution is 2.24. The number of nitrogens with one attached hydrogen (secondary N) is 2. The van der Waals surface area contributed by atoms with Gasteiger partial charge >= 0.3 is 0 Å². The van der Waals surface area contributed by atoms with Crippen LogP contribution in [0.5, 0.6) is 0 Å². The quantitative estimate of drug-likeness (QED) is 0.471. The van der Waals surface area contributed by atoms with Gasteiger partial charge in [0.25, 0.3) is 17.4 Å². The van der Waals surface area contributed by atoms with Gasteiger partial charge in [-0.25, -0.2) is 9.49 Å². The SMILES string of the molecule is CN(C)C(=O)c1n[nH]c2c1CCN(C(=O)c1cc(Cc3n[nH]c(=O)c4ccccc34)ccc1F)C2. The van der Waals surface area contributed by atoms with Gasteiger partial charge < -0.3 is 9.80 Å². The van der Waals surface area contributed by atoms with Gasteiger partial charge in [0, 0.05) is 38.0 Å². The summed E-state index contributed by atoms with van der Waals surface area (Å²) in [5.41, 5.74) is 2.82. The van der Waals surface area contributed by atoms with Gasteiger partial charge in [-0.3, -0.25) is 19.5 Å². The molecule has 3 heterocycles. The molecular weight excluding hydrogens is 451 g/mol. The molecular formula is C25H23FN6O3. The number of aromatic amines is 2. The Morgan fingerprint density at radius 2 is 1.86 bits per heavy atom. The summed E-state index contributed by atoms with van der Waals surface area (Å²) < 4.78 is 14.7. The molecule has 0 radical (unpaired) electrons. The summed E-state index contributed by atoms with van der Waals surface area (Å²) in [6.07, 6.45) is 0.764. The first-order chi connectivity index (χ1) is 16.8. The number of fused-ring (bicyclic) bond motifs is 2. The zero-order valence-electron chi connectivity index (χ0n) is 19.3. The minimum atomic E-state index is -0.614. The summed E-state index contributed by atoms with van der Waals surface area (Å²) in [6.45, 7) is 0.548. The molecule has 1 aliphatic heterocycles. The molecule has 0 spiro atoms. The highest BCUT2D eigenvalue weighted by Gasteiger charge is 2.29. The second-order valence-electron chi connectivity index (χ2n) is 8.74. The van der Waals surface area contributed by atoms with Gasteiger partial charge in [0.2, 0.25) is 0 Å². The Bertz CT molecular complexity index is 1520. The fourth-order valence-corrected chi connectivity index (χ4v) is 4.40. The van der Waals surface area contributed by atoms with Crippen molar-refractivity contribution < 1.29 is 14.0 Å². The van der Waals surface area contributed by atoms with Crippen molar-refractivity contribution in [2.45, 2.75) is 19.4 Å². The first kappa shape index (κ1) is 22.5. The number of nitrogens with zero attached hydrogens (tertiary/aromatic N) is 4. The van der Waals surface area contributed by atoms with Gasteiger partial charge in [0.05, 0.1) is 28.9 Å². The lowest BCUT2D eigenvalue weighted by molar-refractivity contribution is 0.0727. The number of halogens is 1. The van der Waals surface area contributed by atoms with Crippen LogP contribution in [0.25, 0.3) is 10.8 Å². The van der Waals surface area contributed by atoms with E-state index in [1.54, 1.807) is 37.2 Å². The Hall–Kier alpha value is -4.34. The Morgan fingerprint density at radius 3 is 2.63 bits per heavy atom. The molecule has 5 rings (SSSR count). The lowest BCUT2D eigenvalue weighted by Crippen LogP contribution is -2.37. The number of carbonyl (C=O) groups is 2. The minimum Gasteiger partial charge on any atom is -0.343 e. The Balaban J connectivity index is 1.40. The first-order valence-electron chi connectivity index (χ1n) is 11.1. The molecule has 0 saturated heterocycles. The molecule has 0 bridgehead atoms. The van der Waals surface area contributed by atoms with Crippen LogP contribution in [0.2, 0.25) is 0 Å². The van der Waals surface area contributed by atoms with Crippen molar-refractivity contribution in [1.29, 1.82) is 0 Å². The summed E-state index contributed by atoms with van der Waals surface area (Å²) in [5.74, 6) is -1.26. The molecule has 178 valence electrons. The van der Waals surface area contributed by atoms with Crippen LogP contribution < -0.4 is 5.56 Å². The number of hydrogen-bond donors (Lipinski definition) is 2. The number of carbonyl (C=O) groups excluding carboxylic acids is 2. The van der Waals surface area contributed by atoms with Crippen LogP contribution in [-0.2, 0) is 19.4 Å². The van der Waals surface area contributed by atoms with Gasteiger partial charge in [-0.05, 0) is 30.2 Å². The van der Waals surface area contributed by atoms with E-state index >= 15 is 0 Å². The summed E-state index contributed by atoms with van der Waals surface area (Å²) in [7, 11) is 3.31. The minimum absolute atomic E-state index is 0.0382. The molecule has 2 aromatic carbocycles. The summed E-state index contributed by atoms with van der Waals surface area (Å²) >= 11 is 0. The number of H-pyrrole nitrogens is 2. The van der Waals surface area contributed by atoms with Crippen LogP contribution in [0, 0.1) is 5.82 Å². The Morgan fingerprint density at radius 1 is 1.09 bits per heavy atom. The lowest BCUT2D eigenvalue weighted by Gasteiger charge is -2.27. The van der Waals surface area contributed by atoms with E-state index in [1.165, 1.54) is 17.0 Å². The molecule has 0 aliphatic carbocycles. The summed E-state index contributed by atoms with van der Waals surface area (Å²) in [4.78, 5) is 40.6. The number of benzene rings is 2. The molecule has 9 nitrogen and oxygen atoms in total. The predicted molar refractivity (Wildman–Crippen MR) is 127 cm³/mol. The van der Waals surface area contributed by atoms with E-state index in [0.717, 1.165) is 5.56 Å². The molecule has 0 unspecified atom stereocenters. The Kier molecular flexibility index (Phi) is 5.64. The first-order valence-corrected chi connectivity index (χ1v) is 11.1. The van der Waals surface area contributed by atoms with E-state index in [-0.39, 0.29) is 23.6 Å². The Labute approximate surface area is 199 Å². The molecule has 1 aliphatic rings. The van der Waals surface area contributed by atoms with E-state index in [1.807, 2.05) is 12.1 Å². The van der Waals surface area contributed by atoms with E-state index in [0.29, 0.717) is 52.8 Å². The second kappa shape index (κ2) is 8.79. The zero-order valence-corrected chi connectivity index (χ0v) is 19.3. The van der Waals surface area contributed by atoms with E-state index in [4.69, 9.17) is 0 Å². The largest absolute Gasteiger partial charge is 0.343 e. The van der Waals surface area contributed by atoms with Crippen LogP contribution in [0.4, 0.5) is 4.39 Å². The van der Waals surface area contributed by atoms with Crippen molar-refractivity contribution in [3.63, 3.8) is 0 Å². The summed E-state index contributed by atoms with van der Waals surface area (Å²) in [6, 6.07) is 11.5. The number of hydrogen-bond acceptors (Lipinski definition) is 5. The normalized spacial score (nSPS) is 13.1. The van der Waals surface area contributed by atoms with Crippen LogP contribution in [0.3, 0.4) is 0 Å². The van der Waals surface area contributed by atoms with Crippen LogP contribution in [-0.4, -0.2) is 62.6 Å². The maximum Gasteiger partial charge on any atom is 0.274 e. The smallest absolute Gasteiger partial charge is 0.274 e. The highest BCUT2D eigenvalue weighted by atomic mass is 19.1. The molecule has 2 amide bonds. The fraction of sp³-hybridized carbons (Fsp3) is 0.240. The monoisotopic (exact) mass is 474 g/mol. The average Bonchev–Trinajstić information content (AvgIpc) is 3.29. The van der Waals surface area contributed by atoms with Crippen LogP contribution in [0.1, 0.15) is 43.4 Å². The second-order valence-corrected chi connectivity index (χ2v) is 8.74. The zero-order chi connectivity index (χ0) is 24.7. The van der Waals surface area contributed by atoms with Crippen molar-refractivity contribution in [2.24, 2.45) is 0 Å². The molecule has 0 saturated carbocycles. The number of rotatable bonds is 4. The molecule has 4 aromatic rings. The van der Waals surface area contributed by atoms with Crippen LogP contribution >= 0.6 is 0 Å². The van der Waals surface area contributed by atoms with Crippen molar-refractivity contribution in [3.8, 4) is 0 Å². The van der Waals surface area contributed by atoms with Crippen LogP contribution in [0.15, 0.2) is 47.3 Å². The fourth-order valence-electron chi connectivity index (χ4n) is 4.40. The average molecular weight is 474 g/mol. The molecule has 2 aromatic heterocycles. The lowest BCUT2D eigenvalue weighted by atomic mass is 10.00. The standard InChI is InChI=1S/C25H23FN6O3/c1-31(2)25(35)22-17-9-10-32(13-21(17)28-29-22)24(34)18-11-14(7-8-19(18)26)12-20-15-5-3-4-6-16(15)23(33)30-27-20/h3-8,11H,9-10,12-13H2,1-2H3,(H,28,29)(H,30,33). The van der Waals surface area contributed by atoms with Crippen molar-refractivity contribution >= 4 is 22.6 Å². The van der Waals surface area contributed by atoms with Gasteiger partial charge in [-0.15, -0.1) is 0 Å². The number of amides is 2. The molecule has 10 heteroatoms. The van der Waals surface area contributed by atoms with Crippen molar-refractivity contribution in [1.82, 2.24) is 30.2 Å².